The summed E-state index contributed by atoms with van der Waals surface area (Å²) in [6.07, 6.45) is 12.0. The Balaban J connectivity index is 1.47. The number of fused-ring (bicyclic) bond motifs is 1. The van der Waals surface area contributed by atoms with Crippen molar-refractivity contribution in [2.75, 3.05) is 26.6 Å². The number of carbonyl (C=O) groups is 1. The molecule has 1 saturated carbocycles. The van der Waals surface area contributed by atoms with E-state index in [1.165, 1.54) is 25.9 Å². The predicted molar refractivity (Wildman–Crippen MR) is 159 cm³/mol. The third-order valence-corrected chi connectivity index (χ3v) is 8.22. The Kier molecular flexibility index (Phi) is 8.19. The molecule has 1 fully saturated rings. The number of benzene rings is 2. The summed E-state index contributed by atoms with van der Waals surface area (Å²) < 4.78 is 16.6. The highest BCUT2D eigenvalue weighted by molar-refractivity contribution is 6.41. The van der Waals surface area contributed by atoms with Crippen LogP contribution in [0.15, 0.2) is 60.9 Å². The van der Waals surface area contributed by atoms with E-state index >= 15 is 0 Å². The van der Waals surface area contributed by atoms with E-state index in [4.69, 9.17) is 42.4 Å². The first-order valence-corrected chi connectivity index (χ1v) is 13.6. The van der Waals surface area contributed by atoms with Crippen LogP contribution >= 0.6 is 23.2 Å². The molecule has 1 heterocycles. The highest BCUT2D eigenvalue weighted by atomic mass is 35.5. The summed E-state index contributed by atoms with van der Waals surface area (Å²) in [6, 6.07) is 5.20. The lowest BCUT2D eigenvalue weighted by atomic mass is 9.76. The van der Waals surface area contributed by atoms with Crippen LogP contribution in [0, 0.1) is 5.92 Å². The van der Waals surface area contributed by atoms with Gasteiger partial charge < -0.3 is 24.8 Å². The standard InChI is InChI=1S/C30H30Cl2N4O4/c1-5-26(37)34-22-12-17(16-7-6-8-16)9-10-20(22)35-30-33-15-18-11-19(23(38-2)13-21(18)36-30)27-28(31)24(39-3)14-25(40-4)29(27)32/h5-8,11,13-15,17,20,22H,1,9-10,12H2,2-4H3,(H,34,37)(H,33,35,36). The number of nitrogens with zero attached hydrogens (tertiary/aromatic N) is 2. The van der Waals surface area contributed by atoms with Gasteiger partial charge in [-0.1, -0.05) is 48.0 Å². The first-order chi connectivity index (χ1) is 19.4. The second-order valence-corrected chi connectivity index (χ2v) is 10.5. The first-order valence-electron chi connectivity index (χ1n) is 12.9. The van der Waals surface area contributed by atoms with Crippen molar-refractivity contribution < 1.29 is 19.0 Å². The predicted octanol–water partition coefficient (Wildman–Crippen LogP) is 6.38. The normalized spacial score (nSPS) is 19.8. The van der Waals surface area contributed by atoms with Gasteiger partial charge >= 0.3 is 0 Å². The molecule has 2 N–H and O–H groups in total. The van der Waals surface area contributed by atoms with Gasteiger partial charge in [-0.2, -0.15) is 0 Å². The van der Waals surface area contributed by atoms with Gasteiger partial charge in [-0.05, 0) is 42.9 Å². The van der Waals surface area contributed by atoms with Crippen LogP contribution in [0.2, 0.25) is 10.0 Å². The van der Waals surface area contributed by atoms with E-state index in [0.29, 0.717) is 55.8 Å². The summed E-state index contributed by atoms with van der Waals surface area (Å²) in [7, 11) is 4.63. The summed E-state index contributed by atoms with van der Waals surface area (Å²) in [6.45, 7) is 3.60. The molecule has 2 aliphatic carbocycles. The number of amides is 1. The van der Waals surface area contributed by atoms with E-state index in [1.807, 2.05) is 18.2 Å². The van der Waals surface area contributed by atoms with Crippen molar-refractivity contribution in [3.63, 3.8) is 0 Å². The first kappa shape index (κ1) is 27.8. The molecule has 2 aromatic carbocycles. The minimum absolute atomic E-state index is 0.0368. The van der Waals surface area contributed by atoms with Crippen molar-refractivity contribution in [3.8, 4) is 28.4 Å². The van der Waals surface area contributed by atoms with Gasteiger partial charge in [0.1, 0.15) is 17.2 Å². The molecular formula is C30H30Cl2N4O4. The molecule has 1 aromatic heterocycles. The van der Waals surface area contributed by atoms with Crippen molar-refractivity contribution in [1.82, 2.24) is 15.3 Å². The van der Waals surface area contributed by atoms with Crippen LogP contribution in [-0.2, 0) is 4.79 Å². The molecule has 8 nitrogen and oxygen atoms in total. The fourth-order valence-electron chi connectivity index (χ4n) is 5.31. The Morgan fingerprint density at radius 2 is 1.73 bits per heavy atom. The molecule has 3 atom stereocenters. The molecule has 0 radical (unpaired) electrons. The van der Waals surface area contributed by atoms with Crippen LogP contribution in [0.1, 0.15) is 19.3 Å². The minimum atomic E-state index is -0.196. The van der Waals surface area contributed by atoms with Crippen LogP contribution in [-0.4, -0.2) is 49.3 Å². The van der Waals surface area contributed by atoms with Crippen LogP contribution < -0.4 is 24.8 Å². The van der Waals surface area contributed by atoms with Gasteiger partial charge in [-0.3, -0.25) is 4.79 Å². The number of allylic oxidation sites excluding steroid dienone is 4. The number of carbonyl (C=O) groups excluding carboxylic acids is 1. The number of anilines is 1. The van der Waals surface area contributed by atoms with Crippen LogP contribution in [0.25, 0.3) is 22.0 Å². The largest absolute Gasteiger partial charge is 0.496 e. The summed E-state index contributed by atoms with van der Waals surface area (Å²) >= 11 is 13.4. The van der Waals surface area contributed by atoms with Crippen molar-refractivity contribution in [1.29, 1.82) is 0 Å². The zero-order valence-electron chi connectivity index (χ0n) is 22.5. The molecule has 40 heavy (non-hydrogen) atoms. The highest BCUT2D eigenvalue weighted by Crippen LogP contribution is 2.49. The van der Waals surface area contributed by atoms with Gasteiger partial charge in [0, 0.05) is 46.9 Å². The molecule has 0 spiro atoms. The Labute approximate surface area is 243 Å². The molecular weight excluding hydrogens is 551 g/mol. The van der Waals surface area contributed by atoms with Crippen LogP contribution in [0.4, 0.5) is 5.95 Å². The number of aromatic nitrogens is 2. The highest BCUT2D eigenvalue weighted by Gasteiger charge is 2.33. The topological polar surface area (TPSA) is 94.6 Å². The number of nitrogens with one attached hydrogen (secondary N) is 2. The number of methoxy groups -OCH3 is 3. The van der Waals surface area contributed by atoms with Crippen molar-refractivity contribution in [2.45, 2.75) is 31.3 Å². The van der Waals surface area contributed by atoms with Gasteiger partial charge in [0.25, 0.3) is 0 Å². The number of hydrogen-bond donors (Lipinski definition) is 2. The zero-order valence-corrected chi connectivity index (χ0v) is 24.0. The maximum absolute atomic E-state index is 12.2. The summed E-state index contributed by atoms with van der Waals surface area (Å²) in [5, 5.41) is 7.98. The van der Waals surface area contributed by atoms with Gasteiger partial charge in [0.2, 0.25) is 11.9 Å². The molecule has 2 aliphatic rings. The maximum Gasteiger partial charge on any atom is 0.243 e. The average molecular weight is 582 g/mol. The molecule has 5 rings (SSSR count). The molecule has 0 aliphatic heterocycles. The molecule has 208 valence electrons. The van der Waals surface area contributed by atoms with E-state index in [-0.39, 0.29) is 18.0 Å². The van der Waals surface area contributed by atoms with Crippen LogP contribution in [0.3, 0.4) is 0 Å². The Bertz CT molecular complexity index is 1510. The van der Waals surface area contributed by atoms with E-state index < -0.39 is 0 Å². The Morgan fingerprint density at radius 1 is 1.02 bits per heavy atom. The second kappa shape index (κ2) is 11.8. The Morgan fingerprint density at radius 3 is 2.33 bits per heavy atom. The molecule has 0 bridgehead atoms. The van der Waals surface area contributed by atoms with Crippen molar-refractivity contribution in [2.24, 2.45) is 5.92 Å². The van der Waals surface area contributed by atoms with E-state index in [0.717, 1.165) is 24.6 Å². The lowest BCUT2D eigenvalue weighted by Crippen LogP contribution is -2.50. The van der Waals surface area contributed by atoms with Gasteiger partial charge in [-0.25, -0.2) is 9.97 Å². The summed E-state index contributed by atoms with van der Waals surface area (Å²) in [4.78, 5) is 21.5. The quantitative estimate of drug-likeness (QED) is 0.284. The van der Waals surface area contributed by atoms with E-state index in [2.05, 4.69) is 34.3 Å². The molecule has 3 aromatic rings. The summed E-state index contributed by atoms with van der Waals surface area (Å²) in [5.74, 6) is 2.05. The number of rotatable bonds is 9. The monoisotopic (exact) mass is 580 g/mol. The van der Waals surface area contributed by atoms with E-state index in [1.54, 1.807) is 19.4 Å². The number of halogens is 2. The SMILES string of the molecule is C=CC(=O)NC1CC(C2=CC=C2)CCC1Nc1ncc2cc(-c3c(Cl)c(OC)cc(OC)c3Cl)c(OC)cc2n1. The fourth-order valence-corrected chi connectivity index (χ4v) is 6.01. The van der Waals surface area contributed by atoms with Gasteiger partial charge in [0.05, 0.1) is 36.9 Å². The van der Waals surface area contributed by atoms with Gasteiger partial charge in [-0.15, -0.1) is 0 Å². The second-order valence-electron chi connectivity index (χ2n) is 9.69. The number of hydrogen-bond acceptors (Lipinski definition) is 7. The molecule has 3 unspecified atom stereocenters. The summed E-state index contributed by atoms with van der Waals surface area (Å²) in [5.41, 5.74) is 3.17. The zero-order chi connectivity index (χ0) is 28.4. The fraction of sp³-hybridized carbons (Fsp3) is 0.300. The molecule has 1 amide bonds. The lowest BCUT2D eigenvalue weighted by Gasteiger charge is -2.38. The third kappa shape index (κ3) is 5.33. The molecule has 0 saturated heterocycles. The number of ether oxygens (including phenoxy) is 3. The van der Waals surface area contributed by atoms with Gasteiger partial charge in [0.15, 0.2) is 0 Å². The lowest BCUT2D eigenvalue weighted by molar-refractivity contribution is -0.117. The van der Waals surface area contributed by atoms with Crippen LogP contribution in [0.5, 0.6) is 17.2 Å². The third-order valence-electron chi connectivity index (χ3n) is 7.47. The maximum atomic E-state index is 12.2. The minimum Gasteiger partial charge on any atom is -0.496 e. The molecule has 10 heteroatoms. The smallest absolute Gasteiger partial charge is 0.243 e. The van der Waals surface area contributed by atoms with Crippen molar-refractivity contribution >= 4 is 46.0 Å². The Hall–Kier alpha value is -3.75. The van der Waals surface area contributed by atoms with E-state index in [9.17, 15) is 4.79 Å². The van der Waals surface area contributed by atoms with Crippen molar-refractivity contribution in [3.05, 3.63) is 70.9 Å². The average Bonchev–Trinajstić information content (AvgIpc) is 2.93.